The molecule has 0 aliphatic carbocycles. The summed E-state index contributed by atoms with van der Waals surface area (Å²) >= 11 is 0. The predicted octanol–water partition coefficient (Wildman–Crippen LogP) is 1.65. The van der Waals surface area contributed by atoms with Crippen LogP contribution in [0.2, 0.25) is 0 Å². The van der Waals surface area contributed by atoms with E-state index < -0.39 is 0 Å². The van der Waals surface area contributed by atoms with Crippen molar-refractivity contribution in [1.29, 1.82) is 0 Å². The highest BCUT2D eigenvalue weighted by molar-refractivity contribution is 5.97. The van der Waals surface area contributed by atoms with Crippen molar-refractivity contribution in [2.45, 2.75) is 38.8 Å². The van der Waals surface area contributed by atoms with Crippen LogP contribution in [0.1, 0.15) is 25.8 Å². The highest BCUT2D eigenvalue weighted by atomic mass is 16.2. The van der Waals surface area contributed by atoms with E-state index in [1.165, 1.54) is 5.56 Å². The summed E-state index contributed by atoms with van der Waals surface area (Å²) in [4.78, 5) is 17.1. The Labute approximate surface area is 127 Å². The molecule has 3 rings (SSSR count). The fraction of sp³-hybridized carbons (Fsp3) is 0.588. The molecule has 2 aliphatic heterocycles. The molecule has 2 atom stereocenters. The van der Waals surface area contributed by atoms with E-state index in [9.17, 15) is 4.79 Å². The van der Waals surface area contributed by atoms with Gasteiger partial charge in [-0.2, -0.15) is 0 Å². The summed E-state index contributed by atoms with van der Waals surface area (Å²) in [6, 6.07) is 9.07. The second-order valence-electron chi connectivity index (χ2n) is 6.16. The number of anilines is 1. The van der Waals surface area contributed by atoms with Gasteiger partial charge in [-0.25, -0.2) is 0 Å². The van der Waals surface area contributed by atoms with E-state index in [-0.39, 0.29) is 11.9 Å². The van der Waals surface area contributed by atoms with Crippen molar-refractivity contribution in [2.24, 2.45) is 0 Å². The molecular weight excluding hydrogens is 262 g/mol. The Balaban J connectivity index is 1.72. The van der Waals surface area contributed by atoms with E-state index in [2.05, 4.69) is 42.3 Å². The van der Waals surface area contributed by atoms with Crippen molar-refractivity contribution >= 4 is 11.6 Å². The largest absolute Gasteiger partial charge is 0.315 e. The molecule has 1 fully saturated rings. The Morgan fingerprint density at radius 1 is 1.43 bits per heavy atom. The number of fused-ring (bicyclic) bond motifs is 1. The zero-order valence-electron chi connectivity index (χ0n) is 13.0. The van der Waals surface area contributed by atoms with Gasteiger partial charge < -0.3 is 10.2 Å². The van der Waals surface area contributed by atoms with Crippen molar-refractivity contribution in [3.63, 3.8) is 0 Å². The van der Waals surface area contributed by atoms with E-state index in [0.29, 0.717) is 12.6 Å². The first-order chi connectivity index (χ1) is 10.2. The topological polar surface area (TPSA) is 35.6 Å². The number of likely N-dealkylation sites (N-methyl/N-ethyl adjacent to an activating group) is 1. The molecule has 0 saturated carbocycles. The summed E-state index contributed by atoms with van der Waals surface area (Å²) in [7, 11) is 0. The summed E-state index contributed by atoms with van der Waals surface area (Å²) in [5, 5.41) is 3.39. The summed E-state index contributed by atoms with van der Waals surface area (Å²) < 4.78 is 0. The first-order valence-electron chi connectivity index (χ1n) is 8.05. The fourth-order valence-electron chi connectivity index (χ4n) is 3.65. The third kappa shape index (κ3) is 2.83. The van der Waals surface area contributed by atoms with Gasteiger partial charge in [0.25, 0.3) is 0 Å². The van der Waals surface area contributed by atoms with Gasteiger partial charge in [-0.15, -0.1) is 0 Å². The van der Waals surface area contributed by atoms with E-state index in [0.717, 1.165) is 38.2 Å². The summed E-state index contributed by atoms with van der Waals surface area (Å²) in [6.07, 6.45) is 2.12. The summed E-state index contributed by atoms with van der Waals surface area (Å²) in [5.74, 6) is 0.237. The lowest BCUT2D eigenvalue weighted by atomic mass is 10.1. The predicted molar refractivity (Wildman–Crippen MR) is 85.6 cm³/mol. The van der Waals surface area contributed by atoms with Gasteiger partial charge in [-0.3, -0.25) is 9.69 Å². The molecule has 0 radical (unpaired) electrons. The molecule has 2 heterocycles. The van der Waals surface area contributed by atoms with Crippen LogP contribution in [0.5, 0.6) is 0 Å². The van der Waals surface area contributed by atoms with Gasteiger partial charge in [-0.1, -0.05) is 25.1 Å². The Hall–Kier alpha value is -1.39. The van der Waals surface area contributed by atoms with Gasteiger partial charge in [0.1, 0.15) is 0 Å². The number of rotatable bonds is 4. The molecular formula is C17H25N3O. The van der Waals surface area contributed by atoms with Crippen molar-refractivity contribution < 1.29 is 4.79 Å². The minimum atomic E-state index is 0.237. The number of hydrogen-bond acceptors (Lipinski definition) is 3. The van der Waals surface area contributed by atoms with Gasteiger partial charge in [0.05, 0.1) is 6.54 Å². The molecule has 4 heteroatoms. The molecule has 1 aromatic carbocycles. The number of benzene rings is 1. The van der Waals surface area contributed by atoms with Crippen molar-refractivity contribution in [3.8, 4) is 0 Å². The normalized spacial score (nSPS) is 24.6. The van der Waals surface area contributed by atoms with Crippen LogP contribution in [0.3, 0.4) is 0 Å². The zero-order valence-corrected chi connectivity index (χ0v) is 13.0. The van der Waals surface area contributed by atoms with Crippen LogP contribution in [0.15, 0.2) is 24.3 Å². The quantitative estimate of drug-likeness (QED) is 0.914. The van der Waals surface area contributed by atoms with Gasteiger partial charge >= 0.3 is 0 Å². The monoisotopic (exact) mass is 287 g/mol. The Bertz CT molecular complexity index is 511. The minimum Gasteiger partial charge on any atom is -0.315 e. The average molecular weight is 287 g/mol. The van der Waals surface area contributed by atoms with Crippen LogP contribution in [0.4, 0.5) is 5.69 Å². The molecule has 0 bridgehead atoms. The lowest BCUT2D eigenvalue weighted by Gasteiger charge is -2.30. The molecule has 2 aliphatic rings. The Kier molecular flexibility index (Phi) is 4.27. The second kappa shape index (κ2) is 6.16. The van der Waals surface area contributed by atoms with Gasteiger partial charge in [0.2, 0.25) is 5.91 Å². The van der Waals surface area contributed by atoms with Gasteiger partial charge in [-0.05, 0) is 44.5 Å². The first-order valence-corrected chi connectivity index (χ1v) is 8.05. The minimum absolute atomic E-state index is 0.237. The molecule has 1 N–H and O–H groups in total. The first kappa shape index (κ1) is 14.5. The van der Waals surface area contributed by atoms with Crippen LogP contribution in [0.25, 0.3) is 0 Å². The molecule has 2 unspecified atom stereocenters. The number of hydrogen-bond donors (Lipinski definition) is 1. The van der Waals surface area contributed by atoms with E-state index in [1.807, 2.05) is 11.0 Å². The molecule has 0 aromatic heterocycles. The van der Waals surface area contributed by atoms with E-state index in [4.69, 9.17) is 0 Å². The smallest absolute Gasteiger partial charge is 0.241 e. The van der Waals surface area contributed by atoms with Crippen LogP contribution >= 0.6 is 0 Å². The summed E-state index contributed by atoms with van der Waals surface area (Å²) in [5.41, 5.74) is 2.40. The maximum atomic E-state index is 12.8. The van der Waals surface area contributed by atoms with Crippen molar-refractivity contribution in [2.75, 3.05) is 31.1 Å². The Morgan fingerprint density at radius 3 is 2.95 bits per heavy atom. The number of carbonyl (C=O) groups excluding carboxylic acids is 1. The average Bonchev–Trinajstić information content (AvgIpc) is 3.10. The Morgan fingerprint density at radius 2 is 2.24 bits per heavy atom. The standard InChI is InChI=1S/C17H25N3O/c1-3-19(15-8-9-18-11-15)12-17(21)20-13(2)10-14-6-4-5-7-16(14)20/h4-7,13,15,18H,3,8-12H2,1-2H3. The van der Waals surface area contributed by atoms with E-state index >= 15 is 0 Å². The molecule has 0 spiro atoms. The molecule has 1 aromatic rings. The number of nitrogens with one attached hydrogen (secondary N) is 1. The molecule has 114 valence electrons. The van der Waals surface area contributed by atoms with Crippen LogP contribution < -0.4 is 10.2 Å². The highest BCUT2D eigenvalue weighted by Crippen LogP contribution is 2.32. The van der Waals surface area contributed by atoms with Crippen molar-refractivity contribution in [1.82, 2.24) is 10.2 Å². The maximum absolute atomic E-state index is 12.8. The second-order valence-corrected chi connectivity index (χ2v) is 6.16. The fourth-order valence-corrected chi connectivity index (χ4v) is 3.65. The van der Waals surface area contributed by atoms with Gasteiger partial charge in [0.15, 0.2) is 0 Å². The summed E-state index contributed by atoms with van der Waals surface area (Å²) in [6.45, 7) is 7.83. The molecule has 1 saturated heterocycles. The third-order valence-corrected chi connectivity index (χ3v) is 4.77. The number of amides is 1. The number of para-hydroxylation sites is 1. The van der Waals surface area contributed by atoms with Gasteiger partial charge in [0, 0.05) is 24.3 Å². The number of carbonyl (C=O) groups is 1. The lowest BCUT2D eigenvalue weighted by molar-refractivity contribution is -0.120. The van der Waals surface area contributed by atoms with Crippen LogP contribution in [-0.2, 0) is 11.2 Å². The van der Waals surface area contributed by atoms with Crippen molar-refractivity contribution in [3.05, 3.63) is 29.8 Å². The SMILES string of the molecule is CCN(CC(=O)N1c2ccccc2CC1C)C1CCNC1. The molecule has 21 heavy (non-hydrogen) atoms. The lowest BCUT2D eigenvalue weighted by Crippen LogP contribution is -2.47. The molecule has 4 nitrogen and oxygen atoms in total. The molecule has 1 amide bonds. The zero-order chi connectivity index (χ0) is 14.8. The third-order valence-electron chi connectivity index (χ3n) is 4.77. The highest BCUT2D eigenvalue weighted by Gasteiger charge is 2.32. The van der Waals surface area contributed by atoms with Crippen LogP contribution in [-0.4, -0.2) is 49.1 Å². The van der Waals surface area contributed by atoms with Crippen LogP contribution in [0, 0.1) is 0 Å². The van der Waals surface area contributed by atoms with E-state index in [1.54, 1.807) is 0 Å². The number of nitrogens with zero attached hydrogens (tertiary/aromatic N) is 2. The maximum Gasteiger partial charge on any atom is 0.241 e.